The molecule has 2 N–H and O–H groups in total. The van der Waals surface area contributed by atoms with Gasteiger partial charge in [-0.05, 0) is 42.4 Å². The summed E-state index contributed by atoms with van der Waals surface area (Å²) >= 11 is 0. The molecule has 132 valence electrons. The van der Waals surface area contributed by atoms with E-state index in [1.165, 1.54) is 18.2 Å². The van der Waals surface area contributed by atoms with E-state index >= 15 is 0 Å². The van der Waals surface area contributed by atoms with Gasteiger partial charge >= 0.3 is 12.4 Å². The first-order valence-electron chi connectivity index (χ1n) is 7.83. The van der Waals surface area contributed by atoms with Crippen LogP contribution in [-0.2, 0) is 11.3 Å². The van der Waals surface area contributed by atoms with Gasteiger partial charge in [-0.15, -0.1) is 13.2 Å². The lowest BCUT2D eigenvalue weighted by molar-refractivity contribution is -0.274. The van der Waals surface area contributed by atoms with Gasteiger partial charge in [-0.3, -0.25) is 0 Å². The molecule has 1 heterocycles. The van der Waals surface area contributed by atoms with Gasteiger partial charge in [-0.1, -0.05) is 12.1 Å². The first-order chi connectivity index (χ1) is 11.4. The van der Waals surface area contributed by atoms with Crippen LogP contribution in [0.2, 0.25) is 0 Å². The molecule has 0 radical (unpaired) electrons. The van der Waals surface area contributed by atoms with Gasteiger partial charge in [0.25, 0.3) is 0 Å². The molecular formula is C16H19F3N2O3. The zero-order chi connectivity index (χ0) is 17.2. The number of urea groups is 1. The van der Waals surface area contributed by atoms with Crippen LogP contribution in [0.4, 0.5) is 18.0 Å². The number of hydrogen-bond acceptors (Lipinski definition) is 3. The highest BCUT2D eigenvalue weighted by Crippen LogP contribution is 2.53. The summed E-state index contributed by atoms with van der Waals surface area (Å²) in [5.41, 5.74) is 0.708. The van der Waals surface area contributed by atoms with Crippen molar-refractivity contribution < 1.29 is 27.4 Å². The Morgan fingerprint density at radius 1 is 1.33 bits per heavy atom. The fraction of sp³-hybridized carbons (Fsp3) is 0.562. The molecule has 1 unspecified atom stereocenters. The van der Waals surface area contributed by atoms with Gasteiger partial charge in [-0.2, -0.15) is 0 Å². The molecular weight excluding hydrogens is 325 g/mol. The SMILES string of the molecule is O=C(NCc1cccc(OC(F)(F)F)c1)NC1CC12CCOCC2. The Morgan fingerprint density at radius 2 is 2.08 bits per heavy atom. The van der Waals surface area contributed by atoms with Crippen LogP contribution < -0.4 is 15.4 Å². The third-order valence-electron chi connectivity index (χ3n) is 4.57. The second kappa shape index (κ2) is 6.51. The van der Waals surface area contributed by atoms with Gasteiger partial charge in [0, 0.05) is 25.8 Å². The standard InChI is InChI=1S/C16H19F3N2O3/c17-16(18,19)24-12-3-1-2-11(8-12)10-20-14(22)21-13-9-15(13)4-6-23-7-5-15/h1-3,8,13H,4-7,9-10H2,(H2,20,21,22). The average molecular weight is 344 g/mol. The number of carbonyl (C=O) groups is 1. The maximum Gasteiger partial charge on any atom is 0.573 e. The highest BCUT2D eigenvalue weighted by Gasteiger charge is 2.55. The summed E-state index contributed by atoms with van der Waals surface area (Å²) in [6.45, 7) is 1.58. The van der Waals surface area contributed by atoms with Crippen LogP contribution in [0.25, 0.3) is 0 Å². The number of carbonyl (C=O) groups excluding carboxylic acids is 1. The summed E-state index contributed by atoms with van der Waals surface area (Å²) in [5.74, 6) is -0.300. The van der Waals surface area contributed by atoms with Crippen molar-refractivity contribution in [1.29, 1.82) is 0 Å². The number of alkyl halides is 3. The van der Waals surface area contributed by atoms with Crippen LogP contribution >= 0.6 is 0 Å². The van der Waals surface area contributed by atoms with Crippen molar-refractivity contribution in [2.45, 2.75) is 38.2 Å². The highest BCUT2D eigenvalue weighted by atomic mass is 19.4. The van der Waals surface area contributed by atoms with Crippen LogP contribution in [0.5, 0.6) is 5.75 Å². The second-order valence-electron chi connectivity index (χ2n) is 6.25. The molecule has 1 aliphatic carbocycles. The molecule has 1 saturated carbocycles. The summed E-state index contributed by atoms with van der Waals surface area (Å²) in [6.07, 6.45) is -1.87. The summed E-state index contributed by atoms with van der Waals surface area (Å²) in [6, 6.07) is 5.39. The average Bonchev–Trinajstić information content (AvgIpc) is 3.15. The number of ether oxygens (including phenoxy) is 2. The smallest absolute Gasteiger partial charge is 0.406 e. The van der Waals surface area contributed by atoms with Crippen molar-refractivity contribution in [2.75, 3.05) is 13.2 Å². The van der Waals surface area contributed by atoms with E-state index in [-0.39, 0.29) is 29.8 Å². The molecule has 1 saturated heterocycles. The van der Waals surface area contributed by atoms with E-state index in [1.807, 2.05) is 0 Å². The van der Waals surface area contributed by atoms with Crippen molar-refractivity contribution in [1.82, 2.24) is 10.6 Å². The minimum atomic E-state index is -4.73. The fourth-order valence-corrected chi connectivity index (χ4v) is 3.13. The van der Waals surface area contributed by atoms with Crippen LogP contribution in [0.1, 0.15) is 24.8 Å². The van der Waals surface area contributed by atoms with E-state index in [2.05, 4.69) is 15.4 Å². The summed E-state index contributed by atoms with van der Waals surface area (Å²) in [4.78, 5) is 11.9. The number of nitrogens with one attached hydrogen (secondary N) is 2. The van der Waals surface area contributed by atoms with E-state index in [4.69, 9.17) is 4.74 Å². The Balaban J connectivity index is 1.46. The Labute approximate surface area is 137 Å². The molecule has 0 aromatic heterocycles. The largest absolute Gasteiger partial charge is 0.573 e. The Kier molecular flexibility index (Phi) is 4.58. The van der Waals surface area contributed by atoms with Gasteiger partial charge in [0.1, 0.15) is 5.75 Å². The van der Waals surface area contributed by atoms with Gasteiger partial charge in [-0.25, -0.2) is 4.79 Å². The van der Waals surface area contributed by atoms with Crippen LogP contribution in [0, 0.1) is 5.41 Å². The number of hydrogen-bond donors (Lipinski definition) is 2. The molecule has 0 bridgehead atoms. The zero-order valence-corrected chi connectivity index (χ0v) is 13.0. The van der Waals surface area contributed by atoms with Crippen LogP contribution in [0.15, 0.2) is 24.3 Å². The molecule has 1 aromatic carbocycles. The minimum absolute atomic E-state index is 0.129. The lowest BCUT2D eigenvalue weighted by Gasteiger charge is -2.22. The number of halogens is 3. The van der Waals surface area contributed by atoms with Gasteiger partial charge < -0.3 is 20.1 Å². The maximum absolute atomic E-state index is 12.2. The molecule has 3 rings (SSSR count). The first-order valence-corrected chi connectivity index (χ1v) is 7.83. The van der Waals surface area contributed by atoms with Crippen LogP contribution in [-0.4, -0.2) is 31.6 Å². The predicted molar refractivity (Wildman–Crippen MR) is 79.4 cm³/mol. The van der Waals surface area contributed by atoms with Crippen molar-refractivity contribution in [2.24, 2.45) is 5.41 Å². The van der Waals surface area contributed by atoms with E-state index in [0.29, 0.717) is 5.56 Å². The second-order valence-corrected chi connectivity index (χ2v) is 6.25. The molecule has 1 aromatic rings. The molecule has 1 atom stereocenters. The summed E-state index contributed by atoms with van der Waals surface area (Å²) in [5, 5.41) is 5.58. The molecule has 5 nitrogen and oxygen atoms in total. The van der Waals surface area contributed by atoms with E-state index in [0.717, 1.165) is 32.5 Å². The molecule has 1 aliphatic heterocycles. The quantitative estimate of drug-likeness (QED) is 0.883. The van der Waals surface area contributed by atoms with Gasteiger partial charge in [0.15, 0.2) is 0 Å². The molecule has 8 heteroatoms. The predicted octanol–water partition coefficient (Wildman–Crippen LogP) is 2.95. The van der Waals surface area contributed by atoms with Crippen molar-refractivity contribution in [3.63, 3.8) is 0 Å². The zero-order valence-electron chi connectivity index (χ0n) is 13.0. The highest BCUT2D eigenvalue weighted by molar-refractivity contribution is 5.74. The van der Waals surface area contributed by atoms with Gasteiger partial charge in [0.2, 0.25) is 0 Å². The van der Waals surface area contributed by atoms with E-state index in [9.17, 15) is 18.0 Å². The van der Waals surface area contributed by atoms with Crippen molar-refractivity contribution >= 4 is 6.03 Å². The third-order valence-corrected chi connectivity index (χ3v) is 4.57. The Morgan fingerprint density at radius 3 is 2.79 bits per heavy atom. The lowest BCUT2D eigenvalue weighted by Crippen LogP contribution is -2.39. The van der Waals surface area contributed by atoms with Crippen molar-refractivity contribution in [3.05, 3.63) is 29.8 Å². The number of amides is 2. The number of benzene rings is 1. The Bertz CT molecular complexity index is 600. The minimum Gasteiger partial charge on any atom is -0.406 e. The lowest BCUT2D eigenvalue weighted by atomic mass is 9.96. The topological polar surface area (TPSA) is 59.6 Å². The third kappa shape index (κ3) is 4.31. The maximum atomic E-state index is 12.2. The molecule has 2 aliphatic rings. The van der Waals surface area contributed by atoms with E-state index in [1.54, 1.807) is 6.07 Å². The van der Waals surface area contributed by atoms with E-state index < -0.39 is 6.36 Å². The molecule has 2 fully saturated rings. The molecule has 24 heavy (non-hydrogen) atoms. The van der Waals surface area contributed by atoms with Gasteiger partial charge in [0.05, 0.1) is 0 Å². The first kappa shape index (κ1) is 16.9. The van der Waals surface area contributed by atoms with Crippen LogP contribution in [0.3, 0.4) is 0 Å². The monoisotopic (exact) mass is 344 g/mol. The summed E-state index contributed by atoms with van der Waals surface area (Å²) in [7, 11) is 0. The molecule has 2 amide bonds. The summed E-state index contributed by atoms with van der Waals surface area (Å²) < 4.78 is 45.8. The number of rotatable bonds is 4. The Hall–Kier alpha value is -1.96. The normalized spacial score (nSPS) is 22.0. The van der Waals surface area contributed by atoms with Crippen molar-refractivity contribution in [3.8, 4) is 5.75 Å². The fourth-order valence-electron chi connectivity index (χ4n) is 3.13. The molecule has 1 spiro atoms.